The van der Waals surface area contributed by atoms with Crippen molar-refractivity contribution in [2.75, 3.05) is 0 Å². The van der Waals surface area contributed by atoms with Crippen LogP contribution in [-0.2, 0) is 19.8 Å². The minimum Gasteiger partial charge on any atom is -0.295 e. The van der Waals surface area contributed by atoms with Gasteiger partial charge in [-0.25, -0.2) is 9.78 Å². The van der Waals surface area contributed by atoms with Crippen LogP contribution in [0.2, 0.25) is 0 Å². The molecule has 7 heteroatoms. The van der Waals surface area contributed by atoms with Gasteiger partial charge in [0.1, 0.15) is 0 Å². The molecule has 0 fully saturated rings. The maximum Gasteiger partial charge on any atom is 0.417 e. The first-order valence-corrected chi connectivity index (χ1v) is 9.62. The largest absolute Gasteiger partial charge is 0.417 e. The first-order valence-electron chi connectivity index (χ1n) is 9.62. The van der Waals surface area contributed by atoms with E-state index >= 15 is 0 Å². The van der Waals surface area contributed by atoms with Crippen LogP contribution in [-0.4, -0.2) is 14.1 Å². The van der Waals surface area contributed by atoms with Gasteiger partial charge in [0, 0.05) is 24.5 Å². The van der Waals surface area contributed by atoms with E-state index in [1.807, 2.05) is 20.8 Å². The van der Waals surface area contributed by atoms with Gasteiger partial charge in [-0.15, -0.1) is 0 Å². The summed E-state index contributed by atoms with van der Waals surface area (Å²) < 4.78 is 44.2. The van der Waals surface area contributed by atoms with E-state index in [9.17, 15) is 18.0 Å². The second-order valence-corrected chi connectivity index (χ2v) is 8.76. The van der Waals surface area contributed by atoms with Crippen molar-refractivity contribution in [1.82, 2.24) is 14.1 Å². The van der Waals surface area contributed by atoms with Crippen molar-refractivity contribution in [2.45, 2.75) is 33.5 Å². The SMILES string of the molecule is Cn1c(=O)n(CC(C)(C)C)c2ccc(-c3cc(C(F)(F)F)c4ccccc4n3)cc21. The summed E-state index contributed by atoms with van der Waals surface area (Å²) in [5, 5.41) is 0.0681. The van der Waals surface area contributed by atoms with Crippen molar-refractivity contribution in [3.8, 4) is 11.3 Å². The van der Waals surface area contributed by atoms with Crippen LogP contribution in [0.4, 0.5) is 13.2 Å². The van der Waals surface area contributed by atoms with Gasteiger partial charge >= 0.3 is 11.9 Å². The minimum atomic E-state index is -4.50. The fraction of sp³-hybridized carbons (Fsp3) is 0.304. The van der Waals surface area contributed by atoms with Gasteiger partial charge in [0.2, 0.25) is 0 Å². The van der Waals surface area contributed by atoms with Crippen molar-refractivity contribution in [3.63, 3.8) is 0 Å². The number of para-hydroxylation sites is 1. The highest BCUT2D eigenvalue weighted by Gasteiger charge is 2.33. The lowest BCUT2D eigenvalue weighted by molar-refractivity contribution is -0.136. The first-order chi connectivity index (χ1) is 14.0. The molecule has 30 heavy (non-hydrogen) atoms. The van der Waals surface area contributed by atoms with Gasteiger partial charge < -0.3 is 0 Å². The molecule has 156 valence electrons. The first kappa shape index (κ1) is 20.2. The summed E-state index contributed by atoms with van der Waals surface area (Å²) in [5.41, 5.74) is 1.46. The second-order valence-electron chi connectivity index (χ2n) is 8.76. The number of hydrogen-bond donors (Lipinski definition) is 0. The maximum absolute atomic E-state index is 13.7. The molecular formula is C23H22F3N3O. The summed E-state index contributed by atoms with van der Waals surface area (Å²) >= 11 is 0. The summed E-state index contributed by atoms with van der Waals surface area (Å²) in [6.45, 7) is 6.67. The average molecular weight is 413 g/mol. The van der Waals surface area contributed by atoms with Crippen LogP contribution in [0.25, 0.3) is 33.2 Å². The fourth-order valence-electron chi connectivity index (χ4n) is 3.75. The van der Waals surface area contributed by atoms with Crippen molar-refractivity contribution in [2.24, 2.45) is 12.5 Å². The van der Waals surface area contributed by atoms with Crippen molar-refractivity contribution >= 4 is 21.9 Å². The molecule has 4 aromatic rings. The Hall–Kier alpha value is -3.09. The predicted octanol–water partition coefficient (Wildman–Crippen LogP) is 5.62. The highest BCUT2D eigenvalue weighted by molar-refractivity contribution is 5.88. The lowest BCUT2D eigenvalue weighted by Crippen LogP contribution is -2.27. The Morgan fingerprint density at radius 2 is 1.67 bits per heavy atom. The van der Waals surface area contributed by atoms with Crippen molar-refractivity contribution in [3.05, 3.63) is 64.6 Å². The molecule has 0 aliphatic rings. The molecule has 0 spiro atoms. The molecule has 0 aliphatic carbocycles. The number of fused-ring (bicyclic) bond motifs is 2. The normalized spacial score (nSPS) is 12.8. The Bertz CT molecular complexity index is 1320. The van der Waals surface area contributed by atoms with Crippen molar-refractivity contribution < 1.29 is 13.2 Å². The lowest BCUT2D eigenvalue weighted by Gasteiger charge is -2.18. The Labute approximate surface area is 171 Å². The maximum atomic E-state index is 13.7. The summed E-state index contributed by atoms with van der Waals surface area (Å²) in [6.07, 6.45) is -4.50. The van der Waals surface area contributed by atoms with E-state index in [1.165, 1.54) is 10.6 Å². The van der Waals surface area contributed by atoms with Crippen LogP contribution in [0.15, 0.2) is 53.3 Å². The van der Waals surface area contributed by atoms with Gasteiger partial charge in [-0.1, -0.05) is 45.0 Å². The summed E-state index contributed by atoms with van der Waals surface area (Å²) in [6, 6.07) is 12.5. The van der Waals surface area contributed by atoms with E-state index in [2.05, 4.69) is 4.98 Å². The monoisotopic (exact) mass is 413 g/mol. The van der Waals surface area contributed by atoms with E-state index < -0.39 is 11.7 Å². The molecule has 0 saturated heterocycles. The van der Waals surface area contributed by atoms with Crippen LogP contribution in [0, 0.1) is 5.41 Å². The Morgan fingerprint density at radius 1 is 0.967 bits per heavy atom. The molecule has 0 N–H and O–H groups in total. The Morgan fingerprint density at radius 3 is 2.33 bits per heavy atom. The number of nitrogens with zero attached hydrogens (tertiary/aromatic N) is 3. The third-order valence-electron chi connectivity index (χ3n) is 5.10. The van der Waals surface area contributed by atoms with Crippen LogP contribution < -0.4 is 5.69 Å². The molecule has 2 aromatic heterocycles. The molecule has 2 aromatic carbocycles. The molecule has 0 aliphatic heterocycles. The lowest BCUT2D eigenvalue weighted by atomic mass is 9.97. The standard InChI is InChI=1S/C23H22F3N3O/c1-22(2,3)13-29-19-10-9-14(11-20(19)28(4)21(29)30)18-12-16(23(24,25)26)15-7-5-6-8-17(15)27-18/h5-12H,13H2,1-4H3. The minimum absolute atomic E-state index is 0.0681. The second kappa shape index (κ2) is 6.72. The molecular weight excluding hydrogens is 391 g/mol. The Balaban J connectivity index is 1.94. The highest BCUT2D eigenvalue weighted by atomic mass is 19.4. The predicted molar refractivity (Wildman–Crippen MR) is 112 cm³/mol. The van der Waals surface area contributed by atoms with Crippen LogP contribution >= 0.6 is 0 Å². The zero-order valence-corrected chi connectivity index (χ0v) is 17.2. The zero-order valence-electron chi connectivity index (χ0n) is 17.2. The molecule has 0 bridgehead atoms. The number of aromatic nitrogens is 3. The van der Waals surface area contributed by atoms with Gasteiger partial charge in [0.25, 0.3) is 0 Å². The van der Waals surface area contributed by atoms with Gasteiger partial charge in [-0.3, -0.25) is 9.13 Å². The van der Waals surface area contributed by atoms with E-state index in [0.717, 1.165) is 11.6 Å². The topological polar surface area (TPSA) is 39.8 Å². The van der Waals surface area contributed by atoms with E-state index in [1.54, 1.807) is 48.0 Å². The van der Waals surface area contributed by atoms with Crippen LogP contribution in [0.3, 0.4) is 0 Å². The Kier molecular flexibility index (Phi) is 4.52. The third-order valence-corrected chi connectivity index (χ3v) is 5.10. The number of hydrogen-bond acceptors (Lipinski definition) is 2. The smallest absolute Gasteiger partial charge is 0.295 e. The third kappa shape index (κ3) is 3.49. The van der Waals surface area contributed by atoms with Gasteiger partial charge in [-0.05, 0) is 29.7 Å². The summed E-state index contributed by atoms with van der Waals surface area (Å²) in [5.74, 6) is 0. The quantitative estimate of drug-likeness (QED) is 0.428. The van der Waals surface area contributed by atoms with Crippen molar-refractivity contribution in [1.29, 1.82) is 0 Å². The fourth-order valence-corrected chi connectivity index (χ4v) is 3.75. The average Bonchev–Trinajstić information content (AvgIpc) is 2.89. The van der Waals surface area contributed by atoms with Gasteiger partial charge in [0.15, 0.2) is 0 Å². The highest BCUT2D eigenvalue weighted by Crippen LogP contribution is 2.37. The summed E-state index contributed by atoms with van der Waals surface area (Å²) in [7, 11) is 1.67. The number of alkyl halides is 3. The summed E-state index contributed by atoms with van der Waals surface area (Å²) in [4.78, 5) is 17.2. The molecule has 0 amide bonds. The molecule has 0 unspecified atom stereocenters. The number of aryl methyl sites for hydroxylation is 1. The van der Waals surface area contributed by atoms with E-state index in [0.29, 0.717) is 17.6 Å². The molecule has 0 radical (unpaired) electrons. The van der Waals surface area contributed by atoms with Crippen LogP contribution in [0.1, 0.15) is 26.3 Å². The van der Waals surface area contributed by atoms with E-state index in [-0.39, 0.29) is 27.7 Å². The number of imidazole rings is 1. The molecule has 2 heterocycles. The molecule has 0 atom stereocenters. The number of rotatable bonds is 2. The van der Waals surface area contributed by atoms with Gasteiger partial charge in [0.05, 0.1) is 27.8 Å². The number of benzene rings is 2. The zero-order chi connectivity index (χ0) is 21.8. The molecule has 4 rings (SSSR count). The molecule has 4 nitrogen and oxygen atoms in total. The van der Waals surface area contributed by atoms with Gasteiger partial charge in [-0.2, -0.15) is 13.2 Å². The number of pyridine rings is 1. The van der Waals surface area contributed by atoms with Crippen LogP contribution in [0.5, 0.6) is 0 Å². The number of halogens is 3. The van der Waals surface area contributed by atoms with E-state index in [4.69, 9.17) is 0 Å². The molecule has 0 saturated carbocycles.